The molecule has 0 fully saturated rings. The summed E-state index contributed by atoms with van der Waals surface area (Å²) in [6.45, 7) is 4.24. The lowest BCUT2D eigenvalue weighted by Crippen LogP contribution is -2.13. The van der Waals surface area contributed by atoms with Crippen molar-refractivity contribution in [3.8, 4) is 0 Å². The van der Waals surface area contributed by atoms with E-state index in [1.54, 1.807) is 6.92 Å². The third-order valence-corrected chi connectivity index (χ3v) is 2.26. The van der Waals surface area contributed by atoms with Crippen LogP contribution in [-0.2, 0) is 4.84 Å². The Morgan fingerprint density at radius 3 is 2.93 bits per heavy atom. The second kappa shape index (κ2) is 3.72. The molecule has 0 saturated heterocycles. The van der Waals surface area contributed by atoms with Gasteiger partial charge in [0.15, 0.2) is 5.82 Å². The molecule has 6 nitrogen and oxygen atoms in total. The summed E-state index contributed by atoms with van der Waals surface area (Å²) in [5, 5.41) is 7.50. The number of nitrogens with zero attached hydrogens (tertiary/aromatic N) is 2. The smallest absolute Gasteiger partial charge is 0.391 e. The van der Waals surface area contributed by atoms with Crippen molar-refractivity contribution in [2.75, 3.05) is 6.61 Å². The predicted octanol–water partition coefficient (Wildman–Crippen LogP) is 0.933. The Balaban J connectivity index is 2.52. The minimum Gasteiger partial charge on any atom is -0.391 e. The van der Waals surface area contributed by atoms with E-state index in [1.807, 2.05) is 6.92 Å². The van der Waals surface area contributed by atoms with E-state index >= 15 is 0 Å². The molecule has 0 spiro atoms. The Morgan fingerprint density at radius 2 is 2.33 bits per heavy atom. The average molecular weight is 209 g/mol. The van der Waals surface area contributed by atoms with Gasteiger partial charge in [-0.1, -0.05) is 17.2 Å². The fourth-order valence-electron chi connectivity index (χ4n) is 1.54. The van der Waals surface area contributed by atoms with Crippen LogP contribution in [0.5, 0.6) is 0 Å². The number of rotatable bonds is 2. The van der Waals surface area contributed by atoms with Gasteiger partial charge in [-0.25, -0.2) is 4.79 Å². The highest BCUT2D eigenvalue weighted by Crippen LogP contribution is 2.22. The fraction of sp³-hybridized carbons (Fsp3) is 0.444. The first-order chi connectivity index (χ1) is 7.22. The van der Waals surface area contributed by atoms with Gasteiger partial charge in [0.1, 0.15) is 6.61 Å². The first-order valence-electron chi connectivity index (χ1n) is 4.67. The third-order valence-electron chi connectivity index (χ3n) is 2.26. The van der Waals surface area contributed by atoms with Crippen LogP contribution in [-0.4, -0.2) is 22.5 Å². The molecule has 80 valence electrons. The monoisotopic (exact) mass is 209 g/mol. The molecule has 0 bridgehead atoms. The molecule has 1 N–H and O–H groups in total. The van der Waals surface area contributed by atoms with Gasteiger partial charge in [0, 0.05) is 5.57 Å². The molecule has 2 heterocycles. The van der Waals surface area contributed by atoms with E-state index < -0.39 is 5.76 Å². The molecule has 0 aromatic carbocycles. The van der Waals surface area contributed by atoms with Crippen molar-refractivity contribution < 1.29 is 9.36 Å². The largest absolute Gasteiger partial charge is 0.439 e. The van der Waals surface area contributed by atoms with Crippen molar-refractivity contribution in [2.45, 2.75) is 20.3 Å². The number of oxime groups is 1. The molecule has 0 atom stereocenters. The normalized spacial score (nSPS) is 16.3. The molecule has 0 unspecified atom stereocenters. The highest BCUT2D eigenvalue weighted by Gasteiger charge is 2.19. The van der Waals surface area contributed by atoms with E-state index in [4.69, 9.17) is 4.84 Å². The minimum absolute atomic E-state index is 0.418. The van der Waals surface area contributed by atoms with Gasteiger partial charge in [-0.15, -0.1) is 0 Å². The number of aromatic nitrogens is 2. The Morgan fingerprint density at radius 1 is 1.53 bits per heavy atom. The topological polar surface area (TPSA) is 80.5 Å². The maximum atomic E-state index is 10.9. The number of H-pyrrole nitrogens is 1. The molecule has 1 aromatic heterocycles. The van der Waals surface area contributed by atoms with Crippen LogP contribution in [0.15, 0.2) is 20.0 Å². The number of aromatic amines is 1. The van der Waals surface area contributed by atoms with Gasteiger partial charge in [-0.2, -0.15) is 0 Å². The summed E-state index contributed by atoms with van der Waals surface area (Å²) in [5.41, 5.74) is 2.56. The number of hydrogen-bond donors (Lipinski definition) is 1. The van der Waals surface area contributed by atoms with E-state index in [0.29, 0.717) is 18.1 Å². The van der Waals surface area contributed by atoms with Gasteiger partial charge < -0.3 is 4.84 Å². The number of nitrogens with one attached hydrogen (secondary N) is 1. The van der Waals surface area contributed by atoms with Crippen LogP contribution in [0, 0.1) is 0 Å². The van der Waals surface area contributed by atoms with E-state index in [0.717, 1.165) is 17.6 Å². The maximum absolute atomic E-state index is 10.9. The standard InChI is InChI=1S/C9H11N3O3/c1-3-6-4-14-11-5(2)7(6)8-10-9(13)15-12-8/h3-4H2,1-2H3,(H,10,12,13). The van der Waals surface area contributed by atoms with Crippen molar-refractivity contribution in [1.29, 1.82) is 0 Å². The zero-order valence-electron chi connectivity index (χ0n) is 8.53. The highest BCUT2D eigenvalue weighted by molar-refractivity contribution is 6.22. The van der Waals surface area contributed by atoms with Crippen LogP contribution < -0.4 is 5.76 Å². The van der Waals surface area contributed by atoms with Crippen LogP contribution in [0.4, 0.5) is 0 Å². The quantitative estimate of drug-likeness (QED) is 0.785. The molecule has 6 heteroatoms. The van der Waals surface area contributed by atoms with E-state index in [2.05, 4.69) is 19.8 Å². The Kier molecular flexibility index (Phi) is 2.40. The summed E-state index contributed by atoms with van der Waals surface area (Å²) in [4.78, 5) is 18.4. The predicted molar refractivity (Wildman–Crippen MR) is 53.4 cm³/mol. The van der Waals surface area contributed by atoms with Gasteiger partial charge in [0.05, 0.1) is 5.71 Å². The molecule has 0 radical (unpaired) electrons. The van der Waals surface area contributed by atoms with Crippen molar-refractivity contribution in [2.24, 2.45) is 5.16 Å². The summed E-state index contributed by atoms with van der Waals surface area (Å²) >= 11 is 0. The first kappa shape index (κ1) is 9.70. The van der Waals surface area contributed by atoms with Crippen LogP contribution in [0.25, 0.3) is 5.57 Å². The first-order valence-corrected chi connectivity index (χ1v) is 4.67. The fourth-order valence-corrected chi connectivity index (χ4v) is 1.54. The molecular weight excluding hydrogens is 198 g/mol. The second-order valence-electron chi connectivity index (χ2n) is 3.23. The highest BCUT2D eigenvalue weighted by atomic mass is 16.6. The van der Waals surface area contributed by atoms with Crippen LogP contribution in [0.1, 0.15) is 26.1 Å². The van der Waals surface area contributed by atoms with Gasteiger partial charge >= 0.3 is 5.76 Å². The van der Waals surface area contributed by atoms with Gasteiger partial charge in [-0.05, 0) is 18.9 Å². The molecule has 15 heavy (non-hydrogen) atoms. The molecule has 1 aliphatic heterocycles. The summed E-state index contributed by atoms with van der Waals surface area (Å²) < 4.78 is 4.47. The number of hydrogen-bond acceptors (Lipinski definition) is 5. The lowest BCUT2D eigenvalue weighted by molar-refractivity contribution is 0.163. The zero-order chi connectivity index (χ0) is 10.8. The van der Waals surface area contributed by atoms with Crippen LogP contribution in [0.2, 0.25) is 0 Å². The van der Waals surface area contributed by atoms with E-state index in [-0.39, 0.29) is 0 Å². The Hall–Kier alpha value is -1.85. The molecule has 1 aromatic rings. The van der Waals surface area contributed by atoms with Crippen molar-refractivity contribution in [1.82, 2.24) is 10.1 Å². The number of allylic oxidation sites excluding steroid dienone is 1. The summed E-state index contributed by atoms with van der Waals surface area (Å²) in [6, 6.07) is 0. The lowest BCUT2D eigenvalue weighted by Gasteiger charge is -2.15. The second-order valence-corrected chi connectivity index (χ2v) is 3.23. The van der Waals surface area contributed by atoms with Crippen molar-refractivity contribution >= 4 is 11.3 Å². The third kappa shape index (κ3) is 1.70. The van der Waals surface area contributed by atoms with Crippen molar-refractivity contribution in [3.63, 3.8) is 0 Å². The summed E-state index contributed by atoms with van der Waals surface area (Å²) in [5.74, 6) is -0.145. The van der Waals surface area contributed by atoms with E-state index in [9.17, 15) is 4.79 Å². The van der Waals surface area contributed by atoms with E-state index in [1.165, 1.54) is 0 Å². The molecular formula is C9H11N3O3. The molecule has 0 amide bonds. The minimum atomic E-state index is -0.563. The molecule has 0 saturated carbocycles. The van der Waals surface area contributed by atoms with Gasteiger partial charge in [-0.3, -0.25) is 9.51 Å². The van der Waals surface area contributed by atoms with Crippen LogP contribution in [0.3, 0.4) is 0 Å². The molecule has 0 aliphatic carbocycles. The summed E-state index contributed by atoms with van der Waals surface area (Å²) in [6.07, 6.45) is 0.817. The average Bonchev–Trinajstić information content (AvgIpc) is 2.64. The molecule has 1 aliphatic rings. The van der Waals surface area contributed by atoms with Crippen LogP contribution >= 0.6 is 0 Å². The zero-order valence-corrected chi connectivity index (χ0v) is 8.53. The maximum Gasteiger partial charge on any atom is 0.439 e. The van der Waals surface area contributed by atoms with Crippen molar-refractivity contribution in [3.05, 3.63) is 21.9 Å². The Labute approximate surface area is 85.6 Å². The van der Waals surface area contributed by atoms with Gasteiger partial charge in [0.2, 0.25) is 0 Å². The lowest BCUT2D eigenvalue weighted by atomic mass is 10.0. The Bertz CT molecular complexity index is 481. The SMILES string of the molecule is CCC1=C(c2noc(=O)[nH]2)C(C)=NOC1. The van der Waals surface area contributed by atoms with Gasteiger partial charge in [0.25, 0.3) is 0 Å². The summed E-state index contributed by atoms with van der Waals surface area (Å²) in [7, 11) is 0. The molecule has 2 rings (SSSR count).